The van der Waals surface area contributed by atoms with Crippen molar-refractivity contribution in [3.63, 3.8) is 0 Å². The molecule has 0 bridgehead atoms. The average Bonchev–Trinajstić information content (AvgIpc) is 3.57. The zero-order valence-electron chi connectivity index (χ0n) is 18.9. The summed E-state index contributed by atoms with van der Waals surface area (Å²) in [5.74, 6) is -0.146. The molecule has 1 atom stereocenters. The number of rotatable bonds is 9. The van der Waals surface area contributed by atoms with Crippen LogP contribution in [0.4, 0.5) is 0 Å². The second kappa shape index (κ2) is 10.9. The number of hydrogen-bond acceptors (Lipinski definition) is 8. The summed E-state index contributed by atoms with van der Waals surface area (Å²) in [6.45, 7) is 1.66. The Balaban J connectivity index is 1.39. The van der Waals surface area contributed by atoms with Crippen LogP contribution in [-0.4, -0.2) is 53.2 Å². The van der Waals surface area contributed by atoms with Gasteiger partial charge >= 0.3 is 6.34 Å². The lowest BCUT2D eigenvalue weighted by atomic mass is 10.1. The number of aromatic hydroxyl groups is 1. The number of Topliss-reactive ketones (excluding diaryl/α,β-unsaturated/α-hetero) is 2. The molecule has 4 rings (SSSR count). The standard InChI is InChI=1S/C24H20Cl2N4O3S2/c1-13(15-11-34-24(23(15)33)14-3-4-16(25)17(26)9-14)27-10-19(32)21-7-6-20(35-21)18(31)5-8-22-28-12-30(2)29-22/h3-4,6-7,9,11-12,22H,5,8,10H2,1-2H3/p+1. The first-order valence-corrected chi connectivity index (χ1v) is 13.1. The van der Waals surface area contributed by atoms with E-state index in [1.54, 1.807) is 60.7 Å². The van der Waals surface area contributed by atoms with Crippen molar-refractivity contribution in [1.82, 2.24) is 0 Å². The second-order valence-electron chi connectivity index (χ2n) is 7.84. The number of aliphatic imine (C=N–C) groups is 2. The number of halogens is 2. The van der Waals surface area contributed by atoms with Gasteiger partial charge in [-0.2, -0.15) is 0 Å². The Labute approximate surface area is 220 Å². The maximum absolute atomic E-state index is 12.7. The summed E-state index contributed by atoms with van der Waals surface area (Å²) in [5, 5.41) is 17.6. The Morgan fingerprint density at radius 3 is 2.57 bits per heavy atom. The van der Waals surface area contributed by atoms with Crippen LogP contribution in [-0.2, 0) is 0 Å². The van der Waals surface area contributed by atoms with Gasteiger partial charge in [0.15, 0.2) is 11.6 Å². The highest BCUT2D eigenvalue weighted by Crippen LogP contribution is 2.40. The van der Waals surface area contributed by atoms with E-state index in [1.165, 1.54) is 22.7 Å². The van der Waals surface area contributed by atoms with Crippen LogP contribution < -0.4 is 0 Å². The van der Waals surface area contributed by atoms with Crippen LogP contribution in [0.2, 0.25) is 10.0 Å². The molecule has 0 spiro atoms. The van der Waals surface area contributed by atoms with Crippen molar-refractivity contribution in [3.8, 4) is 16.2 Å². The predicted octanol–water partition coefficient (Wildman–Crippen LogP) is 6.61. The van der Waals surface area contributed by atoms with Crippen LogP contribution in [0.5, 0.6) is 5.75 Å². The number of carbonyl (C=O) groups excluding carboxylic acids is 2. The van der Waals surface area contributed by atoms with E-state index in [4.69, 9.17) is 23.2 Å². The molecule has 35 heavy (non-hydrogen) atoms. The van der Waals surface area contributed by atoms with Crippen LogP contribution in [0.3, 0.4) is 0 Å². The second-order valence-corrected chi connectivity index (χ2v) is 10.6. The van der Waals surface area contributed by atoms with Crippen molar-refractivity contribution in [3.05, 3.63) is 61.1 Å². The number of benzene rings is 1. The molecule has 0 radical (unpaired) electrons. The fraction of sp³-hybridized carbons (Fsp3) is 0.250. The summed E-state index contributed by atoms with van der Waals surface area (Å²) >= 11 is 14.6. The molecule has 0 aliphatic carbocycles. The summed E-state index contributed by atoms with van der Waals surface area (Å²) in [5.41, 5.74) is 1.84. The SMILES string of the molecule is CC(=NCC(=O)c1ccc(C(=O)CCC2N=C[N+](C)=N2)s1)c1csc(-c2ccc(Cl)c(Cl)c2)c1O. The molecule has 0 saturated carbocycles. The number of azo groups is 2. The average molecular weight is 548 g/mol. The van der Waals surface area contributed by atoms with Gasteiger partial charge in [0.1, 0.15) is 19.3 Å². The summed E-state index contributed by atoms with van der Waals surface area (Å²) in [6, 6.07) is 8.48. The predicted molar refractivity (Wildman–Crippen MR) is 142 cm³/mol. The molecule has 1 aliphatic heterocycles. The van der Waals surface area contributed by atoms with Gasteiger partial charge in [0, 0.05) is 29.5 Å². The lowest BCUT2D eigenvalue weighted by Crippen LogP contribution is -2.05. The number of thiophene rings is 2. The zero-order valence-corrected chi connectivity index (χ0v) is 22.0. The van der Waals surface area contributed by atoms with E-state index in [-0.39, 0.29) is 30.0 Å². The molecule has 1 N–H and O–H groups in total. The van der Waals surface area contributed by atoms with Crippen LogP contribution in [0, 0.1) is 0 Å². The summed E-state index contributed by atoms with van der Waals surface area (Å²) in [6.07, 6.45) is 2.24. The maximum atomic E-state index is 12.7. The van der Waals surface area contributed by atoms with E-state index < -0.39 is 0 Å². The van der Waals surface area contributed by atoms with Crippen molar-refractivity contribution in [2.75, 3.05) is 13.6 Å². The first kappa shape index (κ1) is 25.4. The molecule has 180 valence electrons. The van der Waals surface area contributed by atoms with Crippen molar-refractivity contribution in [1.29, 1.82) is 0 Å². The van der Waals surface area contributed by atoms with Gasteiger partial charge in [-0.3, -0.25) is 14.6 Å². The van der Waals surface area contributed by atoms with Crippen molar-refractivity contribution in [2.45, 2.75) is 25.9 Å². The normalized spacial score (nSPS) is 15.5. The third kappa shape index (κ3) is 5.92. The topological polar surface area (TPSA) is 94.5 Å². The number of ketones is 2. The van der Waals surface area contributed by atoms with Gasteiger partial charge in [-0.15, -0.1) is 27.4 Å². The Bertz CT molecular complexity index is 1390. The molecule has 7 nitrogen and oxygen atoms in total. The van der Waals surface area contributed by atoms with E-state index in [9.17, 15) is 14.7 Å². The van der Waals surface area contributed by atoms with Crippen molar-refractivity contribution < 1.29 is 19.4 Å². The van der Waals surface area contributed by atoms with Crippen LogP contribution in [0.15, 0.2) is 50.8 Å². The third-order valence-corrected chi connectivity index (χ3v) is 8.23. The molecular weight excluding hydrogens is 527 g/mol. The molecule has 1 aliphatic rings. The highest BCUT2D eigenvalue weighted by Gasteiger charge is 2.22. The minimum absolute atomic E-state index is 0.0355. The summed E-state index contributed by atoms with van der Waals surface area (Å²) in [4.78, 5) is 35.4. The minimum Gasteiger partial charge on any atom is -0.506 e. The van der Waals surface area contributed by atoms with Gasteiger partial charge in [-0.25, -0.2) is 0 Å². The van der Waals surface area contributed by atoms with Crippen LogP contribution in [0.1, 0.15) is 44.7 Å². The summed E-state index contributed by atoms with van der Waals surface area (Å²) < 4.78 is 1.63. The highest BCUT2D eigenvalue weighted by molar-refractivity contribution is 7.16. The van der Waals surface area contributed by atoms with Crippen molar-refractivity contribution >= 4 is 69.5 Å². The maximum Gasteiger partial charge on any atom is 0.302 e. The first-order valence-electron chi connectivity index (χ1n) is 10.6. The van der Waals surface area contributed by atoms with E-state index in [0.717, 1.165) is 5.56 Å². The van der Waals surface area contributed by atoms with E-state index in [2.05, 4.69) is 15.1 Å². The lowest BCUT2D eigenvalue weighted by molar-refractivity contribution is -0.436. The highest BCUT2D eigenvalue weighted by atomic mass is 35.5. The molecule has 1 aromatic carbocycles. The number of carbonyl (C=O) groups is 2. The smallest absolute Gasteiger partial charge is 0.302 e. The lowest BCUT2D eigenvalue weighted by Gasteiger charge is -2.03. The molecule has 11 heteroatoms. The quantitative estimate of drug-likeness (QED) is 0.185. The number of nitrogens with zero attached hydrogens (tertiary/aromatic N) is 4. The Hall–Kier alpha value is -2.72. The largest absolute Gasteiger partial charge is 0.506 e. The van der Waals surface area contributed by atoms with E-state index in [1.807, 2.05) is 0 Å². The van der Waals surface area contributed by atoms with Gasteiger partial charge in [-0.05, 0) is 36.8 Å². The first-order chi connectivity index (χ1) is 16.7. The molecule has 0 fully saturated rings. The van der Waals surface area contributed by atoms with E-state index >= 15 is 0 Å². The summed E-state index contributed by atoms with van der Waals surface area (Å²) in [7, 11) is 1.79. The Morgan fingerprint density at radius 1 is 1.14 bits per heavy atom. The third-order valence-electron chi connectivity index (χ3n) is 5.30. The van der Waals surface area contributed by atoms with E-state index in [0.29, 0.717) is 48.8 Å². The molecule has 0 saturated heterocycles. The molecule has 2 aromatic heterocycles. The van der Waals surface area contributed by atoms with Gasteiger partial charge in [0.2, 0.25) is 0 Å². The van der Waals surface area contributed by atoms with Crippen molar-refractivity contribution in [2.24, 2.45) is 15.1 Å². The van der Waals surface area contributed by atoms with Crippen LogP contribution in [0.25, 0.3) is 10.4 Å². The van der Waals surface area contributed by atoms with Crippen LogP contribution >= 0.6 is 45.9 Å². The molecular formula is C24H21Cl2N4O3S2+. The Morgan fingerprint density at radius 2 is 1.89 bits per heavy atom. The molecule has 0 amide bonds. The Kier molecular flexibility index (Phi) is 7.91. The molecule has 1 unspecified atom stereocenters. The minimum atomic E-state index is -0.229. The van der Waals surface area contributed by atoms with Gasteiger partial charge in [-0.1, -0.05) is 39.4 Å². The van der Waals surface area contributed by atoms with Gasteiger partial charge in [0.05, 0.1) is 24.7 Å². The fourth-order valence-corrected chi connectivity index (χ4v) is 5.60. The molecule has 3 aromatic rings. The van der Waals surface area contributed by atoms with Gasteiger partial charge < -0.3 is 5.11 Å². The fourth-order valence-electron chi connectivity index (χ4n) is 3.40. The monoisotopic (exact) mass is 547 g/mol. The number of hydrogen-bond donors (Lipinski definition) is 1. The van der Waals surface area contributed by atoms with Gasteiger partial charge in [0.25, 0.3) is 6.17 Å². The zero-order chi connectivity index (χ0) is 25.1. The molecule has 3 heterocycles.